The maximum absolute atomic E-state index is 6.10. The number of para-hydroxylation sites is 1. The minimum absolute atomic E-state index is 0.348. The highest BCUT2D eigenvalue weighted by Gasteiger charge is 2.35. The van der Waals surface area contributed by atoms with Crippen LogP contribution < -0.4 is 4.74 Å². The molecule has 0 N–H and O–H groups in total. The molecule has 2 aromatic rings. The van der Waals surface area contributed by atoms with Crippen molar-refractivity contribution in [2.45, 2.75) is 26.1 Å². The van der Waals surface area contributed by atoms with Gasteiger partial charge in [-0.05, 0) is 40.1 Å². The molecule has 3 rings (SSSR count). The number of benzene rings is 1. The lowest BCUT2D eigenvalue weighted by Gasteiger charge is -2.19. The number of fused-ring (bicyclic) bond motifs is 2. The van der Waals surface area contributed by atoms with Crippen molar-refractivity contribution in [3.8, 4) is 5.75 Å². The Bertz CT molecular complexity index is 665. The van der Waals surface area contributed by atoms with Crippen LogP contribution in [-0.4, -0.2) is 37.1 Å². The summed E-state index contributed by atoms with van der Waals surface area (Å²) in [6.07, 6.45) is 0. The van der Waals surface area contributed by atoms with E-state index in [4.69, 9.17) is 14.5 Å². The summed E-state index contributed by atoms with van der Waals surface area (Å²) in [5, 5.41) is 1.07. The molecule has 1 aromatic carbocycles. The zero-order valence-corrected chi connectivity index (χ0v) is 13.1. The van der Waals surface area contributed by atoms with Gasteiger partial charge in [-0.1, -0.05) is 12.1 Å². The molecular formula is C17H22N2O2. The molecule has 1 aliphatic heterocycles. The average Bonchev–Trinajstić information content (AvgIpc) is 2.74. The minimum atomic E-state index is -0.348. The van der Waals surface area contributed by atoms with Crippen LogP contribution in [0.1, 0.15) is 25.1 Å². The third-order valence-corrected chi connectivity index (χ3v) is 3.87. The number of likely N-dealkylation sites (N-methyl/N-ethyl adjacent to an activating group) is 1. The zero-order valence-electron chi connectivity index (χ0n) is 13.1. The second kappa shape index (κ2) is 5.28. The molecule has 4 heteroatoms. The highest BCUT2D eigenvalue weighted by Crippen LogP contribution is 2.42. The number of hydrogen-bond acceptors (Lipinski definition) is 4. The number of rotatable bonds is 4. The smallest absolute Gasteiger partial charge is 0.136 e. The summed E-state index contributed by atoms with van der Waals surface area (Å²) >= 11 is 0. The van der Waals surface area contributed by atoms with Gasteiger partial charge in [0.05, 0.1) is 17.8 Å². The largest absolute Gasteiger partial charge is 0.491 e. The van der Waals surface area contributed by atoms with Gasteiger partial charge >= 0.3 is 0 Å². The van der Waals surface area contributed by atoms with Gasteiger partial charge in [0.25, 0.3) is 0 Å². The third kappa shape index (κ3) is 2.61. The maximum Gasteiger partial charge on any atom is 0.136 e. The van der Waals surface area contributed by atoms with Gasteiger partial charge in [0.1, 0.15) is 18.0 Å². The van der Waals surface area contributed by atoms with E-state index in [0.717, 1.165) is 34.5 Å². The van der Waals surface area contributed by atoms with Crippen LogP contribution in [-0.2, 0) is 16.9 Å². The molecule has 0 unspecified atom stereocenters. The zero-order chi connectivity index (χ0) is 15.0. The van der Waals surface area contributed by atoms with E-state index >= 15 is 0 Å². The molecule has 0 aliphatic carbocycles. The third-order valence-electron chi connectivity index (χ3n) is 3.87. The first-order valence-corrected chi connectivity index (χ1v) is 7.32. The maximum atomic E-state index is 6.10. The van der Waals surface area contributed by atoms with E-state index in [9.17, 15) is 0 Å². The molecule has 0 atom stereocenters. The molecule has 2 heterocycles. The first-order valence-electron chi connectivity index (χ1n) is 7.32. The molecule has 0 saturated carbocycles. The Kier molecular flexibility index (Phi) is 3.59. The molecule has 0 bridgehead atoms. The number of ether oxygens (including phenoxy) is 2. The van der Waals surface area contributed by atoms with Crippen LogP contribution in [0.5, 0.6) is 5.75 Å². The number of hydrogen-bond donors (Lipinski definition) is 0. The molecule has 21 heavy (non-hydrogen) atoms. The van der Waals surface area contributed by atoms with E-state index < -0.39 is 0 Å². The Morgan fingerprint density at radius 3 is 2.81 bits per heavy atom. The van der Waals surface area contributed by atoms with E-state index in [1.807, 2.05) is 32.3 Å². The highest BCUT2D eigenvalue weighted by molar-refractivity contribution is 5.87. The molecule has 0 spiro atoms. The van der Waals surface area contributed by atoms with Gasteiger partial charge < -0.3 is 14.4 Å². The summed E-state index contributed by atoms with van der Waals surface area (Å²) in [6.45, 7) is 6.23. The minimum Gasteiger partial charge on any atom is -0.491 e. The van der Waals surface area contributed by atoms with E-state index in [0.29, 0.717) is 13.2 Å². The number of nitrogens with zero attached hydrogens (tertiary/aromatic N) is 2. The van der Waals surface area contributed by atoms with Gasteiger partial charge in [0.2, 0.25) is 0 Å². The number of aromatic nitrogens is 1. The lowest BCUT2D eigenvalue weighted by atomic mass is 10.00. The molecule has 112 valence electrons. The molecule has 0 saturated heterocycles. The summed E-state index contributed by atoms with van der Waals surface area (Å²) in [4.78, 5) is 6.91. The SMILES string of the molecule is CN(C)CCOc1c2c(nc3ccccc13)C(C)(C)OC2. The average molecular weight is 286 g/mol. The van der Waals surface area contributed by atoms with Crippen molar-refractivity contribution in [3.63, 3.8) is 0 Å². The van der Waals surface area contributed by atoms with Gasteiger partial charge in [-0.15, -0.1) is 0 Å². The van der Waals surface area contributed by atoms with Gasteiger partial charge in [-0.2, -0.15) is 0 Å². The topological polar surface area (TPSA) is 34.6 Å². The molecular weight excluding hydrogens is 264 g/mol. The molecule has 0 radical (unpaired) electrons. The van der Waals surface area contributed by atoms with Gasteiger partial charge in [0, 0.05) is 17.5 Å². The van der Waals surface area contributed by atoms with Crippen LogP contribution in [0.3, 0.4) is 0 Å². The highest BCUT2D eigenvalue weighted by atomic mass is 16.5. The Labute approximate surface area is 125 Å². The lowest BCUT2D eigenvalue weighted by Crippen LogP contribution is -2.20. The van der Waals surface area contributed by atoms with E-state index in [2.05, 4.69) is 24.8 Å². The van der Waals surface area contributed by atoms with E-state index in [1.54, 1.807) is 0 Å². The summed E-state index contributed by atoms with van der Waals surface area (Å²) in [6, 6.07) is 8.13. The number of pyridine rings is 1. The van der Waals surface area contributed by atoms with Gasteiger partial charge in [-0.3, -0.25) is 0 Å². The Morgan fingerprint density at radius 1 is 1.29 bits per heavy atom. The fourth-order valence-corrected chi connectivity index (χ4v) is 2.67. The second-order valence-corrected chi connectivity index (χ2v) is 6.24. The van der Waals surface area contributed by atoms with Crippen molar-refractivity contribution in [2.24, 2.45) is 0 Å². The summed E-state index contributed by atoms with van der Waals surface area (Å²) < 4.78 is 12.0. The van der Waals surface area contributed by atoms with Gasteiger partial charge in [0.15, 0.2) is 0 Å². The van der Waals surface area contributed by atoms with Crippen LogP contribution in [0.4, 0.5) is 0 Å². The standard InChI is InChI=1S/C17H22N2O2/c1-17(2)16-13(11-21-17)15(20-10-9-19(3)4)12-7-5-6-8-14(12)18-16/h5-8H,9-11H2,1-4H3. The van der Waals surface area contributed by atoms with Crippen molar-refractivity contribution in [2.75, 3.05) is 27.2 Å². The first kappa shape index (κ1) is 14.3. The van der Waals surface area contributed by atoms with Gasteiger partial charge in [-0.25, -0.2) is 4.98 Å². The van der Waals surface area contributed by atoms with Crippen LogP contribution in [0.2, 0.25) is 0 Å². The lowest BCUT2D eigenvalue weighted by molar-refractivity contribution is -0.0102. The van der Waals surface area contributed by atoms with Crippen molar-refractivity contribution in [1.82, 2.24) is 9.88 Å². The quantitative estimate of drug-likeness (QED) is 0.865. The Hall–Kier alpha value is -1.65. The normalized spacial score (nSPS) is 16.4. The molecule has 1 aliphatic rings. The molecule has 4 nitrogen and oxygen atoms in total. The Balaban J connectivity index is 2.08. The first-order chi connectivity index (χ1) is 9.99. The van der Waals surface area contributed by atoms with Crippen molar-refractivity contribution < 1.29 is 9.47 Å². The van der Waals surface area contributed by atoms with E-state index in [1.165, 1.54) is 0 Å². The fraction of sp³-hybridized carbons (Fsp3) is 0.471. The van der Waals surface area contributed by atoms with Crippen molar-refractivity contribution in [3.05, 3.63) is 35.5 Å². The van der Waals surface area contributed by atoms with E-state index in [-0.39, 0.29) is 5.60 Å². The van der Waals surface area contributed by atoms with Crippen LogP contribution in [0, 0.1) is 0 Å². The predicted molar refractivity (Wildman–Crippen MR) is 83.6 cm³/mol. The molecule has 1 aromatic heterocycles. The second-order valence-electron chi connectivity index (χ2n) is 6.24. The molecule has 0 amide bonds. The van der Waals surface area contributed by atoms with Crippen molar-refractivity contribution in [1.29, 1.82) is 0 Å². The summed E-state index contributed by atoms with van der Waals surface area (Å²) in [7, 11) is 4.09. The summed E-state index contributed by atoms with van der Waals surface area (Å²) in [5.41, 5.74) is 2.71. The monoisotopic (exact) mass is 286 g/mol. The predicted octanol–water partition coefficient (Wildman–Crippen LogP) is 2.94. The fourth-order valence-electron chi connectivity index (χ4n) is 2.67. The van der Waals surface area contributed by atoms with Crippen LogP contribution in [0.15, 0.2) is 24.3 Å². The summed E-state index contributed by atoms with van der Waals surface area (Å²) in [5.74, 6) is 0.933. The Morgan fingerprint density at radius 2 is 2.05 bits per heavy atom. The van der Waals surface area contributed by atoms with Crippen LogP contribution >= 0.6 is 0 Å². The molecule has 0 fully saturated rings. The van der Waals surface area contributed by atoms with Crippen molar-refractivity contribution >= 4 is 10.9 Å². The van der Waals surface area contributed by atoms with Crippen LogP contribution in [0.25, 0.3) is 10.9 Å².